The first-order valence-corrected chi connectivity index (χ1v) is 12.4. The Morgan fingerprint density at radius 2 is 1.91 bits per heavy atom. The van der Waals surface area contributed by atoms with Crippen LogP contribution in [-0.4, -0.2) is 56.5 Å². The number of hydrogen-bond donors (Lipinski definition) is 2. The molecular weight excluding hydrogens is 442 g/mol. The molecule has 3 fully saturated rings. The van der Waals surface area contributed by atoms with E-state index in [1.54, 1.807) is 12.1 Å². The molecule has 1 atom stereocenters. The van der Waals surface area contributed by atoms with Crippen molar-refractivity contribution in [1.82, 2.24) is 30.5 Å². The highest BCUT2D eigenvalue weighted by atomic mass is 32.2. The van der Waals surface area contributed by atoms with E-state index in [0.717, 1.165) is 49.7 Å². The first kappa shape index (κ1) is 21.7. The number of nitrogens with zero attached hydrogens (tertiary/aromatic N) is 5. The number of thioether (sulfide) groups is 1. The maximum Gasteiger partial charge on any atom is 0.344 e. The van der Waals surface area contributed by atoms with E-state index in [4.69, 9.17) is 0 Å². The Bertz CT molecular complexity index is 1070. The van der Waals surface area contributed by atoms with Gasteiger partial charge in [-0.25, -0.2) is 4.79 Å². The molecule has 2 saturated heterocycles. The van der Waals surface area contributed by atoms with E-state index in [1.807, 2.05) is 25.1 Å². The van der Waals surface area contributed by atoms with E-state index in [9.17, 15) is 14.4 Å². The summed E-state index contributed by atoms with van der Waals surface area (Å²) in [6.45, 7) is 3.78. The molecule has 1 aromatic heterocycles. The minimum atomic E-state index is -1.18. The third-order valence-electron chi connectivity index (χ3n) is 6.40. The zero-order valence-corrected chi connectivity index (χ0v) is 19.3. The van der Waals surface area contributed by atoms with Crippen LogP contribution < -0.4 is 15.6 Å². The molecule has 33 heavy (non-hydrogen) atoms. The molecule has 11 heteroatoms. The molecule has 1 unspecified atom stereocenters. The zero-order chi connectivity index (χ0) is 23.0. The highest BCUT2D eigenvalue weighted by Gasteiger charge is 2.52. The fourth-order valence-corrected chi connectivity index (χ4v) is 5.27. The number of carbonyl (C=O) groups is 3. The molecule has 4 amide bonds. The van der Waals surface area contributed by atoms with Gasteiger partial charge >= 0.3 is 6.03 Å². The summed E-state index contributed by atoms with van der Waals surface area (Å²) < 4.78 is 2.13. The second-order valence-corrected chi connectivity index (χ2v) is 9.54. The van der Waals surface area contributed by atoms with Gasteiger partial charge in [-0.3, -0.25) is 19.6 Å². The Labute approximate surface area is 196 Å². The smallest absolute Gasteiger partial charge is 0.341 e. The van der Waals surface area contributed by atoms with Gasteiger partial charge in [0.25, 0.3) is 5.91 Å². The van der Waals surface area contributed by atoms with Gasteiger partial charge in [0.05, 0.1) is 5.75 Å². The maximum atomic E-state index is 13.2. The van der Waals surface area contributed by atoms with Gasteiger partial charge < -0.3 is 10.2 Å². The third-order valence-corrected chi connectivity index (χ3v) is 7.35. The Hall–Kier alpha value is -3.08. The van der Waals surface area contributed by atoms with Crippen molar-refractivity contribution < 1.29 is 14.4 Å². The molecule has 2 aliphatic heterocycles. The van der Waals surface area contributed by atoms with Crippen LogP contribution in [-0.2, 0) is 15.1 Å². The van der Waals surface area contributed by atoms with Gasteiger partial charge in [-0.2, -0.15) is 5.01 Å². The standard InChI is InChI=1S/C22H27N7O3S/c1-2-22(15-8-4-3-5-9-15)18(31)29(20(32)23-22)26-17(30)14-33-21-25-24-19(27-12-6-7-13-27)28(21)16-10-11-16/h3-5,8-9,16H,2,6-7,10-14H2,1H3,(H,23,32)(H,26,30). The number of urea groups is 1. The second kappa shape index (κ2) is 8.69. The number of hydrazine groups is 1. The number of amides is 4. The number of carbonyl (C=O) groups excluding carboxylic acids is 3. The molecular formula is C22H27N7O3S. The molecule has 1 aromatic carbocycles. The topological polar surface area (TPSA) is 112 Å². The summed E-state index contributed by atoms with van der Waals surface area (Å²) in [6.07, 6.45) is 4.83. The molecule has 2 N–H and O–H groups in total. The van der Waals surface area contributed by atoms with Gasteiger partial charge in [0.2, 0.25) is 11.9 Å². The van der Waals surface area contributed by atoms with E-state index in [0.29, 0.717) is 23.2 Å². The first-order chi connectivity index (χ1) is 16.0. The number of imide groups is 1. The highest BCUT2D eigenvalue weighted by Crippen LogP contribution is 2.41. The van der Waals surface area contributed by atoms with E-state index in [1.165, 1.54) is 11.8 Å². The van der Waals surface area contributed by atoms with Crippen LogP contribution in [0.2, 0.25) is 0 Å². The Morgan fingerprint density at radius 1 is 1.18 bits per heavy atom. The van der Waals surface area contributed by atoms with Crippen LogP contribution in [0.15, 0.2) is 35.5 Å². The Balaban J connectivity index is 1.26. The number of hydrogen-bond acceptors (Lipinski definition) is 7. The zero-order valence-electron chi connectivity index (χ0n) is 18.5. The van der Waals surface area contributed by atoms with Crippen molar-refractivity contribution in [3.05, 3.63) is 35.9 Å². The summed E-state index contributed by atoms with van der Waals surface area (Å²) in [5, 5.41) is 13.0. The van der Waals surface area contributed by atoms with Crippen LogP contribution >= 0.6 is 11.8 Å². The number of rotatable bonds is 8. The van der Waals surface area contributed by atoms with E-state index >= 15 is 0 Å². The van der Waals surface area contributed by atoms with Crippen LogP contribution in [0.5, 0.6) is 0 Å². The molecule has 174 valence electrons. The van der Waals surface area contributed by atoms with E-state index in [2.05, 4.69) is 30.4 Å². The highest BCUT2D eigenvalue weighted by molar-refractivity contribution is 7.99. The predicted octanol–water partition coefficient (Wildman–Crippen LogP) is 2.19. The molecule has 0 radical (unpaired) electrons. The van der Waals surface area contributed by atoms with Crippen LogP contribution in [0.1, 0.15) is 50.6 Å². The molecule has 5 rings (SSSR count). The quantitative estimate of drug-likeness (QED) is 0.450. The summed E-state index contributed by atoms with van der Waals surface area (Å²) in [7, 11) is 0. The second-order valence-electron chi connectivity index (χ2n) is 8.60. The molecule has 0 bridgehead atoms. The van der Waals surface area contributed by atoms with Gasteiger partial charge in [-0.15, -0.1) is 10.2 Å². The van der Waals surface area contributed by atoms with Crippen LogP contribution in [0.25, 0.3) is 0 Å². The average Bonchev–Trinajstić information content (AvgIpc) is 3.26. The number of nitrogens with one attached hydrogen (secondary N) is 2. The van der Waals surface area contributed by atoms with Crippen molar-refractivity contribution in [2.75, 3.05) is 23.7 Å². The monoisotopic (exact) mass is 469 g/mol. The molecule has 10 nitrogen and oxygen atoms in total. The Morgan fingerprint density at radius 3 is 2.58 bits per heavy atom. The molecule has 3 heterocycles. The maximum absolute atomic E-state index is 13.2. The van der Waals surface area contributed by atoms with Crippen LogP contribution in [0.3, 0.4) is 0 Å². The normalized spacial score (nSPS) is 22.7. The summed E-state index contributed by atoms with van der Waals surface area (Å²) >= 11 is 1.27. The average molecular weight is 470 g/mol. The van der Waals surface area contributed by atoms with Gasteiger partial charge in [0.1, 0.15) is 5.54 Å². The first-order valence-electron chi connectivity index (χ1n) is 11.4. The van der Waals surface area contributed by atoms with Crippen molar-refractivity contribution in [2.24, 2.45) is 0 Å². The van der Waals surface area contributed by atoms with Crippen molar-refractivity contribution in [3.63, 3.8) is 0 Å². The summed E-state index contributed by atoms with van der Waals surface area (Å²) in [6, 6.07) is 8.81. The van der Waals surface area contributed by atoms with Crippen molar-refractivity contribution in [3.8, 4) is 0 Å². The number of benzene rings is 1. The lowest BCUT2D eigenvalue weighted by molar-refractivity contribution is -0.138. The fourth-order valence-electron chi connectivity index (χ4n) is 4.48. The molecule has 1 saturated carbocycles. The SMILES string of the molecule is CCC1(c2ccccc2)NC(=O)N(NC(=O)CSc2nnc(N3CCCC3)n2C2CC2)C1=O. The van der Waals surface area contributed by atoms with Crippen LogP contribution in [0, 0.1) is 0 Å². The van der Waals surface area contributed by atoms with Crippen molar-refractivity contribution in [2.45, 2.75) is 55.8 Å². The molecule has 2 aromatic rings. The van der Waals surface area contributed by atoms with E-state index in [-0.39, 0.29) is 5.75 Å². The number of aromatic nitrogens is 3. The summed E-state index contributed by atoms with van der Waals surface area (Å²) in [4.78, 5) is 40.7. The van der Waals surface area contributed by atoms with Crippen LogP contribution in [0.4, 0.5) is 10.7 Å². The third kappa shape index (κ3) is 3.94. The summed E-state index contributed by atoms with van der Waals surface area (Å²) in [5.41, 5.74) is 1.98. The fraction of sp³-hybridized carbons (Fsp3) is 0.500. The molecule has 3 aliphatic rings. The van der Waals surface area contributed by atoms with Crippen molar-refractivity contribution in [1.29, 1.82) is 0 Å². The van der Waals surface area contributed by atoms with Gasteiger partial charge in [-0.05, 0) is 37.7 Å². The lowest BCUT2D eigenvalue weighted by Gasteiger charge is -2.25. The number of anilines is 1. The largest absolute Gasteiger partial charge is 0.344 e. The van der Waals surface area contributed by atoms with Crippen molar-refractivity contribution >= 4 is 35.6 Å². The van der Waals surface area contributed by atoms with E-state index < -0.39 is 23.4 Å². The van der Waals surface area contributed by atoms with Gasteiger partial charge in [-0.1, -0.05) is 49.0 Å². The Kier molecular flexibility index (Phi) is 5.73. The van der Waals surface area contributed by atoms with Gasteiger partial charge in [0.15, 0.2) is 5.16 Å². The minimum Gasteiger partial charge on any atom is -0.341 e. The molecule has 1 aliphatic carbocycles. The summed E-state index contributed by atoms with van der Waals surface area (Å²) in [5.74, 6) is -0.0389. The lowest BCUT2D eigenvalue weighted by atomic mass is 9.87. The van der Waals surface area contributed by atoms with Gasteiger partial charge in [0, 0.05) is 19.1 Å². The minimum absolute atomic E-state index is 0.0202. The predicted molar refractivity (Wildman–Crippen MR) is 122 cm³/mol. The molecule has 0 spiro atoms. The lowest BCUT2D eigenvalue weighted by Crippen LogP contribution is -2.49.